The van der Waals surface area contributed by atoms with Crippen molar-refractivity contribution in [2.24, 2.45) is 5.92 Å². The standard InChI is InChI=1S/C24H32N4O3/c1-18(29)28-11-8-19(9-12-28)13-22-14-21(7-10-26-22)24(31)27-17-23(30)16-25-15-20-5-3-2-4-6-20/h2-7,10,14,19,23,25,30H,8-9,11-13,15-17H2,1H3,(H,27,31)/t23-/m1/s1. The molecular weight excluding hydrogens is 392 g/mol. The lowest BCUT2D eigenvalue weighted by Crippen LogP contribution is -2.38. The van der Waals surface area contributed by atoms with Crippen LogP contribution in [0.4, 0.5) is 0 Å². The van der Waals surface area contributed by atoms with Gasteiger partial charge in [0.05, 0.1) is 6.10 Å². The molecule has 3 N–H and O–H groups in total. The molecule has 0 radical (unpaired) electrons. The van der Waals surface area contributed by atoms with Gasteiger partial charge in [0, 0.05) is 57.1 Å². The maximum absolute atomic E-state index is 12.5. The molecule has 0 aliphatic carbocycles. The van der Waals surface area contributed by atoms with Crippen LogP contribution in [0.25, 0.3) is 0 Å². The Bertz CT molecular complexity index is 851. The van der Waals surface area contributed by atoms with Crippen LogP contribution in [0.1, 0.15) is 41.4 Å². The summed E-state index contributed by atoms with van der Waals surface area (Å²) in [5, 5.41) is 16.1. The number of hydrogen-bond acceptors (Lipinski definition) is 5. The van der Waals surface area contributed by atoms with Gasteiger partial charge < -0.3 is 20.6 Å². The third-order valence-electron chi connectivity index (χ3n) is 5.69. The fourth-order valence-electron chi connectivity index (χ4n) is 3.84. The number of piperidine rings is 1. The van der Waals surface area contributed by atoms with Crippen molar-refractivity contribution in [2.45, 2.75) is 38.8 Å². The second-order valence-corrected chi connectivity index (χ2v) is 8.17. The Kier molecular flexibility index (Phi) is 8.55. The van der Waals surface area contributed by atoms with Crippen LogP contribution in [0.15, 0.2) is 48.7 Å². The first-order chi connectivity index (χ1) is 15.0. The predicted molar refractivity (Wildman–Crippen MR) is 119 cm³/mol. The Balaban J connectivity index is 1.40. The molecule has 2 amide bonds. The molecule has 1 aromatic carbocycles. The minimum absolute atomic E-state index is 0.132. The molecule has 2 heterocycles. The highest BCUT2D eigenvalue weighted by molar-refractivity contribution is 5.94. The summed E-state index contributed by atoms with van der Waals surface area (Å²) in [5.74, 6) is 0.392. The van der Waals surface area contributed by atoms with Crippen molar-refractivity contribution in [3.8, 4) is 0 Å². The highest BCUT2D eigenvalue weighted by atomic mass is 16.3. The summed E-state index contributed by atoms with van der Waals surface area (Å²) in [7, 11) is 0. The van der Waals surface area contributed by atoms with Gasteiger partial charge in [0.1, 0.15) is 0 Å². The number of amides is 2. The molecule has 1 saturated heterocycles. The molecule has 3 rings (SSSR count). The van der Waals surface area contributed by atoms with Gasteiger partial charge in [-0.25, -0.2) is 0 Å². The molecule has 31 heavy (non-hydrogen) atoms. The molecule has 0 saturated carbocycles. The van der Waals surface area contributed by atoms with E-state index < -0.39 is 6.10 Å². The number of hydrogen-bond donors (Lipinski definition) is 3. The average Bonchev–Trinajstić information content (AvgIpc) is 2.79. The SMILES string of the molecule is CC(=O)N1CCC(Cc2cc(C(=O)NC[C@H](O)CNCc3ccccc3)ccn2)CC1. The first-order valence-corrected chi connectivity index (χ1v) is 10.9. The Labute approximate surface area is 183 Å². The zero-order chi connectivity index (χ0) is 22.1. The second kappa shape index (κ2) is 11.6. The molecule has 0 unspecified atom stereocenters. The molecule has 1 aromatic heterocycles. The smallest absolute Gasteiger partial charge is 0.251 e. The van der Waals surface area contributed by atoms with Gasteiger partial charge in [-0.1, -0.05) is 30.3 Å². The van der Waals surface area contributed by atoms with Gasteiger partial charge in [0.2, 0.25) is 5.91 Å². The molecule has 1 fully saturated rings. The largest absolute Gasteiger partial charge is 0.390 e. The molecule has 0 spiro atoms. The Hall–Kier alpha value is -2.77. The molecule has 166 valence electrons. The van der Waals surface area contributed by atoms with Gasteiger partial charge in [0.25, 0.3) is 5.91 Å². The van der Waals surface area contributed by atoms with Gasteiger partial charge in [-0.3, -0.25) is 14.6 Å². The van der Waals surface area contributed by atoms with Crippen molar-refractivity contribution in [1.82, 2.24) is 20.5 Å². The van der Waals surface area contributed by atoms with Gasteiger partial charge in [-0.05, 0) is 42.9 Å². The van der Waals surface area contributed by atoms with Gasteiger partial charge in [-0.15, -0.1) is 0 Å². The molecule has 0 bridgehead atoms. The summed E-state index contributed by atoms with van der Waals surface area (Å²) in [6.07, 6.45) is 3.71. The summed E-state index contributed by atoms with van der Waals surface area (Å²) < 4.78 is 0. The van der Waals surface area contributed by atoms with Crippen molar-refractivity contribution in [3.63, 3.8) is 0 Å². The van der Waals surface area contributed by atoms with E-state index in [0.29, 0.717) is 24.6 Å². The van der Waals surface area contributed by atoms with E-state index in [9.17, 15) is 14.7 Å². The van der Waals surface area contributed by atoms with Crippen molar-refractivity contribution in [3.05, 3.63) is 65.5 Å². The topological polar surface area (TPSA) is 94.6 Å². The number of nitrogens with one attached hydrogen (secondary N) is 2. The number of likely N-dealkylation sites (tertiary alicyclic amines) is 1. The number of aliphatic hydroxyl groups excluding tert-OH is 1. The summed E-state index contributed by atoms with van der Waals surface area (Å²) in [6.45, 7) is 4.44. The number of nitrogens with zero attached hydrogens (tertiary/aromatic N) is 2. The number of aliphatic hydroxyl groups is 1. The Morgan fingerprint density at radius 2 is 1.90 bits per heavy atom. The lowest BCUT2D eigenvalue weighted by atomic mass is 9.91. The number of pyridine rings is 1. The van der Waals surface area contributed by atoms with Crippen LogP contribution in [0.3, 0.4) is 0 Å². The van der Waals surface area contributed by atoms with Crippen LogP contribution in [0.2, 0.25) is 0 Å². The van der Waals surface area contributed by atoms with E-state index in [1.165, 1.54) is 0 Å². The summed E-state index contributed by atoms with van der Waals surface area (Å²) in [4.78, 5) is 30.3. The number of carbonyl (C=O) groups is 2. The fourth-order valence-corrected chi connectivity index (χ4v) is 3.84. The van der Waals surface area contributed by atoms with Crippen LogP contribution in [0.5, 0.6) is 0 Å². The molecule has 7 nitrogen and oxygen atoms in total. The number of rotatable bonds is 9. The van der Waals surface area contributed by atoms with E-state index in [1.807, 2.05) is 41.3 Å². The maximum atomic E-state index is 12.5. The summed E-state index contributed by atoms with van der Waals surface area (Å²) >= 11 is 0. The van der Waals surface area contributed by atoms with E-state index in [-0.39, 0.29) is 18.4 Å². The van der Waals surface area contributed by atoms with Crippen molar-refractivity contribution in [2.75, 3.05) is 26.2 Å². The second-order valence-electron chi connectivity index (χ2n) is 8.17. The molecule has 1 aliphatic rings. The number of benzene rings is 1. The Morgan fingerprint density at radius 3 is 2.61 bits per heavy atom. The van der Waals surface area contributed by atoms with E-state index >= 15 is 0 Å². The predicted octanol–water partition coefficient (Wildman–Crippen LogP) is 1.76. The minimum atomic E-state index is -0.666. The van der Waals surface area contributed by atoms with Gasteiger partial charge in [0.15, 0.2) is 0 Å². The van der Waals surface area contributed by atoms with Crippen LogP contribution in [-0.4, -0.2) is 59.1 Å². The summed E-state index contributed by atoms with van der Waals surface area (Å²) in [5.41, 5.74) is 2.59. The third-order valence-corrected chi connectivity index (χ3v) is 5.69. The summed E-state index contributed by atoms with van der Waals surface area (Å²) in [6, 6.07) is 13.5. The van der Waals surface area contributed by atoms with Crippen LogP contribution in [-0.2, 0) is 17.8 Å². The van der Waals surface area contributed by atoms with E-state index in [1.54, 1.807) is 19.2 Å². The monoisotopic (exact) mass is 424 g/mol. The zero-order valence-corrected chi connectivity index (χ0v) is 18.1. The van der Waals surface area contributed by atoms with E-state index in [0.717, 1.165) is 43.6 Å². The van der Waals surface area contributed by atoms with Crippen molar-refractivity contribution in [1.29, 1.82) is 0 Å². The average molecular weight is 425 g/mol. The molecular formula is C24H32N4O3. The molecule has 2 aromatic rings. The van der Waals surface area contributed by atoms with Crippen LogP contribution in [0, 0.1) is 5.92 Å². The lowest BCUT2D eigenvalue weighted by Gasteiger charge is -2.31. The van der Waals surface area contributed by atoms with Crippen molar-refractivity contribution >= 4 is 11.8 Å². The first kappa shape index (κ1) is 22.9. The third kappa shape index (κ3) is 7.45. The minimum Gasteiger partial charge on any atom is -0.390 e. The maximum Gasteiger partial charge on any atom is 0.251 e. The van der Waals surface area contributed by atoms with E-state index in [4.69, 9.17) is 0 Å². The van der Waals surface area contributed by atoms with Crippen LogP contribution >= 0.6 is 0 Å². The number of aromatic nitrogens is 1. The van der Waals surface area contributed by atoms with Crippen LogP contribution < -0.4 is 10.6 Å². The highest BCUT2D eigenvalue weighted by Crippen LogP contribution is 2.21. The molecule has 7 heteroatoms. The molecule has 1 aliphatic heterocycles. The van der Waals surface area contributed by atoms with Crippen molar-refractivity contribution < 1.29 is 14.7 Å². The molecule has 1 atom stereocenters. The first-order valence-electron chi connectivity index (χ1n) is 10.9. The van der Waals surface area contributed by atoms with Gasteiger partial charge in [-0.2, -0.15) is 0 Å². The van der Waals surface area contributed by atoms with Gasteiger partial charge >= 0.3 is 0 Å². The normalized spacial score (nSPS) is 15.5. The zero-order valence-electron chi connectivity index (χ0n) is 18.1. The quantitative estimate of drug-likeness (QED) is 0.570. The van der Waals surface area contributed by atoms with E-state index in [2.05, 4.69) is 15.6 Å². The highest BCUT2D eigenvalue weighted by Gasteiger charge is 2.21. The Morgan fingerprint density at radius 1 is 1.16 bits per heavy atom. The fraction of sp³-hybridized carbons (Fsp3) is 0.458. The lowest BCUT2D eigenvalue weighted by molar-refractivity contribution is -0.130. The number of carbonyl (C=O) groups excluding carboxylic acids is 2.